The maximum absolute atomic E-state index is 13.6. The van der Waals surface area contributed by atoms with Crippen LogP contribution in [0.25, 0.3) is 0 Å². The first kappa shape index (κ1) is 11.9. The van der Waals surface area contributed by atoms with Crippen molar-refractivity contribution in [2.45, 2.75) is 19.4 Å². The minimum atomic E-state index is -0.266. The van der Waals surface area contributed by atoms with Crippen LogP contribution in [0.3, 0.4) is 0 Å². The van der Waals surface area contributed by atoms with Crippen molar-refractivity contribution in [1.29, 1.82) is 0 Å². The van der Waals surface area contributed by atoms with Crippen LogP contribution in [0.15, 0.2) is 18.2 Å². The van der Waals surface area contributed by atoms with Crippen molar-refractivity contribution in [3.63, 3.8) is 0 Å². The topological polar surface area (TPSA) is 30.5 Å². The third kappa shape index (κ3) is 2.10. The van der Waals surface area contributed by atoms with Crippen LogP contribution in [0.2, 0.25) is 0 Å². The minimum absolute atomic E-state index is 0.182. The molecule has 1 aromatic carbocycles. The highest BCUT2D eigenvalue weighted by Crippen LogP contribution is 2.35. The van der Waals surface area contributed by atoms with Crippen LogP contribution in [0.1, 0.15) is 24.9 Å². The van der Waals surface area contributed by atoms with E-state index in [0.29, 0.717) is 12.4 Å². The Morgan fingerprint density at radius 3 is 3.00 bits per heavy atom. The third-order valence-corrected chi connectivity index (χ3v) is 3.70. The Labute approximate surface area is 106 Å². The number of ether oxygens (including phenoxy) is 2. The molecule has 0 spiro atoms. The number of hydrogen-bond acceptors (Lipinski definition) is 3. The molecule has 1 saturated heterocycles. The van der Waals surface area contributed by atoms with Crippen LogP contribution in [0.4, 0.5) is 4.39 Å². The molecule has 0 amide bonds. The Kier molecular flexibility index (Phi) is 2.99. The molecule has 2 aliphatic heterocycles. The predicted molar refractivity (Wildman–Crippen MR) is 66.2 cm³/mol. The van der Waals surface area contributed by atoms with E-state index >= 15 is 0 Å². The van der Waals surface area contributed by atoms with E-state index in [1.807, 2.05) is 6.07 Å². The largest absolute Gasteiger partial charge is 0.490 e. The molecular formula is C14H18FNO2. The van der Waals surface area contributed by atoms with Crippen molar-refractivity contribution in [3.8, 4) is 5.75 Å². The van der Waals surface area contributed by atoms with Crippen LogP contribution < -0.4 is 10.1 Å². The maximum atomic E-state index is 13.6. The van der Waals surface area contributed by atoms with Gasteiger partial charge in [0.1, 0.15) is 0 Å². The second-order valence-corrected chi connectivity index (χ2v) is 5.53. The molecule has 1 atom stereocenters. The number of halogens is 1. The van der Waals surface area contributed by atoms with Gasteiger partial charge in [-0.15, -0.1) is 0 Å². The molecule has 3 nitrogen and oxygen atoms in total. The van der Waals surface area contributed by atoms with Gasteiger partial charge in [0.15, 0.2) is 11.6 Å². The molecule has 0 aromatic heterocycles. The maximum Gasteiger partial charge on any atom is 0.165 e. The first-order chi connectivity index (χ1) is 8.68. The van der Waals surface area contributed by atoms with Gasteiger partial charge in [-0.2, -0.15) is 0 Å². The molecule has 2 aliphatic rings. The number of fused-ring (bicyclic) bond motifs is 1. The SMILES string of the molecule is CC1(CN[C@H]2CCOc3c(F)cccc32)COC1. The fourth-order valence-electron chi connectivity index (χ4n) is 2.52. The lowest BCUT2D eigenvalue weighted by Gasteiger charge is -2.40. The van der Waals surface area contributed by atoms with Crippen molar-refractivity contribution in [1.82, 2.24) is 5.32 Å². The first-order valence-corrected chi connectivity index (χ1v) is 6.40. The lowest BCUT2D eigenvalue weighted by Crippen LogP contribution is -2.48. The van der Waals surface area contributed by atoms with E-state index in [1.165, 1.54) is 6.07 Å². The third-order valence-electron chi connectivity index (χ3n) is 3.70. The Morgan fingerprint density at radius 2 is 2.28 bits per heavy atom. The number of benzene rings is 1. The van der Waals surface area contributed by atoms with Crippen LogP contribution in [0.5, 0.6) is 5.75 Å². The van der Waals surface area contributed by atoms with Crippen molar-refractivity contribution in [2.24, 2.45) is 5.41 Å². The lowest BCUT2D eigenvalue weighted by atomic mass is 9.88. The monoisotopic (exact) mass is 251 g/mol. The van der Waals surface area contributed by atoms with Crippen molar-refractivity contribution >= 4 is 0 Å². The summed E-state index contributed by atoms with van der Waals surface area (Å²) in [6.07, 6.45) is 0.882. The average Bonchev–Trinajstić information content (AvgIpc) is 2.35. The zero-order chi connectivity index (χ0) is 12.6. The average molecular weight is 251 g/mol. The molecular weight excluding hydrogens is 233 g/mol. The molecule has 1 N–H and O–H groups in total. The molecule has 3 rings (SSSR count). The van der Waals surface area contributed by atoms with Crippen molar-refractivity contribution < 1.29 is 13.9 Å². The van der Waals surface area contributed by atoms with E-state index in [4.69, 9.17) is 9.47 Å². The zero-order valence-corrected chi connectivity index (χ0v) is 10.5. The Bertz CT molecular complexity index is 445. The summed E-state index contributed by atoms with van der Waals surface area (Å²) >= 11 is 0. The molecule has 0 saturated carbocycles. The van der Waals surface area contributed by atoms with Crippen LogP contribution >= 0.6 is 0 Å². The van der Waals surface area contributed by atoms with E-state index < -0.39 is 0 Å². The van der Waals surface area contributed by atoms with Crippen LogP contribution in [-0.2, 0) is 4.74 Å². The molecule has 0 unspecified atom stereocenters. The quantitative estimate of drug-likeness (QED) is 0.894. The molecule has 0 bridgehead atoms. The number of para-hydroxylation sites is 1. The summed E-state index contributed by atoms with van der Waals surface area (Å²) < 4.78 is 24.3. The van der Waals surface area contributed by atoms with Gasteiger partial charge in [-0.3, -0.25) is 0 Å². The van der Waals surface area contributed by atoms with Gasteiger partial charge in [-0.05, 0) is 6.07 Å². The second kappa shape index (κ2) is 4.52. The van der Waals surface area contributed by atoms with Gasteiger partial charge in [0.05, 0.1) is 19.8 Å². The van der Waals surface area contributed by atoms with Gasteiger partial charge in [-0.1, -0.05) is 19.1 Å². The summed E-state index contributed by atoms with van der Waals surface area (Å²) in [5.41, 5.74) is 1.16. The molecule has 0 radical (unpaired) electrons. The summed E-state index contributed by atoms with van der Waals surface area (Å²) in [6.45, 7) is 5.28. The molecule has 98 valence electrons. The van der Waals surface area contributed by atoms with Gasteiger partial charge in [0.2, 0.25) is 0 Å². The second-order valence-electron chi connectivity index (χ2n) is 5.53. The van der Waals surface area contributed by atoms with E-state index in [0.717, 1.165) is 31.7 Å². The fraction of sp³-hybridized carbons (Fsp3) is 0.571. The van der Waals surface area contributed by atoms with Gasteiger partial charge in [0.25, 0.3) is 0 Å². The molecule has 1 fully saturated rings. The molecule has 2 heterocycles. The van der Waals surface area contributed by atoms with E-state index in [1.54, 1.807) is 6.07 Å². The van der Waals surface area contributed by atoms with Crippen molar-refractivity contribution in [2.75, 3.05) is 26.4 Å². The first-order valence-electron chi connectivity index (χ1n) is 6.40. The number of rotatable bonds is 3. The number of hydrogen-bond donors (Lipinski definition) is 1. The highest BCUT2D eigenvalue weighted by atomic mass is 19.1. The number of nitrogens with one attached hydrogen (secondary N) is 1. The molecule has 18 heavy (non-hydrogen) atoms. The predicted octanol–water partition coefficient (Wildman–Crippen LogP) is 2.28. The van der Waals surface area contributed by atoms with Gasteiger partial charge in [-0.25, -0.2) is 4.39 Å². The Morgan fingerprint density at radius 1 is 1.44 bits per heavy atom. The van der Waals surface area contributed by atoms with Crippen LogP contribution in [0, 0.1) is 11.2 Å². The Hall–Kier alpha value is -1.13. The summed E-state index contributed by atoms with van der Waals surface area (Å²) in [7, 11) is 0. The van der Waals surface area contributed by atoms with Crippen LogP contribution in [-0.4, -0.2) is 26.4 Å². The highest BCUT2D eigenvalue weighted by Gasteiger charge is 2.34. The Balaban J connectivity index is 1.73. The minimum Gasteiger partial charge on any atom is -0.490 e. The van der Waals surface area contributed by atoms with Gasteiger partial charge in [0, 0.05) is 30.0 Å². The van der Waals surface area contributed by atoms with E-state index in [9.17, 15) is 4.39 Å². The normalized spacial score (nSPS) is 24.9. The summed E-state index contributed by atoms with van der Waals surface area (Å²) in [6, 6.07) is 5.31. The lowest BCUT2D eigenvalue weighted by molar-refractivity contribution is -0.100. The van der Waals surface area contributed by atoms with E-state index in [-0.39, 0.29) is 17.3 Å². The summed E-state index contributed by atoms with van der Waals surface area (Å²) in [5.74, 6) is 0.147. The molecule has 4 heteroatoms. The van der Waals surface area contributed by atoms with Gasteiger partial charge < -0.3 is 14.8 Å². The highest BCUT2D eigenvalue weighted by molar-refractivity contribution is 5.38. The van der Waals surface area contributed by atoms with E-state index in [2.05, 4.69) is 12.2 Å². The molecule has 0 aliphatic carbocycles. The molecule has 1 aromatic rings. The fourth-order valence-corrected chi connectivity index (χ4v) is 2.52. The van der Waals surface area contributed by atoms with Gasteiger partial charge >= 0.3 is 0 Å². The van der Waals surface area contributed by atoms with Crippen molar-refractivity contribution in [3.05, 3.63) is 29.6 Å². The standard InChI is InChI=1S/C14H18FNO2/c1-14(8-17-9-14)7-16-12-5-6-18-13-10(12)3-2-4-11(13)15/h2-4,12,16H,5-9H2,1H3/t12-/m0/s1. The summed E-state index contributed by atoms with van der Waals surface area (Å²) in [5, 5.41) is 3.52. The summed E-state index contributed by atoms with van der Waals surface area (Å²) in [4.78, 5) is 0. The smallest absolute Gasteiger partial charge is 0.165 e. The zero-order valence-electron chi connectivity index (χ0n) is 10.5.